The second-order valence-corrected chi connectivity index (χ2v) is 8.82. The second kappa shape index (κ2) is 5.90. The summed E-state index contributed by atoms with van der Waals surface area (Å²) in [4.78, 5) is 11.4. The molecule has 0 N–H and O–H groups in total. The van der Waals surface area contributed by atoms with Gasteiger partial charge in [0.25, 0.3) is 0 Å². The molecular formula is C17H28O2S. The van der Waals surface area contributed by atoms with Crippen LogP contribution in [-0.2, 0) is 9.53 Å². The van der Waals surface area contributed by atoms with E-state index in [4.69, 9.17) is 4.74 Å². The first-order valence-corrected chi connectivity index (χ1v) is 9.41. The van der Waals surface area contributed by atoms with Gasteiger partial charge in [-0.2, -0.15) is 11.8 Å². The number of ether oxygens (including phenoxy) is 1. The molecule has 4 bridgehead atoms. The molecule has 0 saturated heterocycles. The highest BCUT2D eigenvalue weighted by atomic mass is 32.2. The fourth-order valence-corrected chi connectivity index (χ4v) is 6.65. The average Bonchev–Trinajstić information content (AvgIpc) is 2.41. The molecule has 0 aliphatic heterocycles. The highest BCUT2D eigenvalue weighted by Gasteiger charge is 2.50. The van der Waals surface area contributed by atoms with Crippen LogP contribution in [0.15, 0.2) is 0 Å². The maximum absolute atomic E-state index is 11.4. The summed E-state index contributed by atoms with van der Waals surface area (Å²) in [6.45, 7) is 1.98. The minimum absolute atomic E-state index is 0.0429. The predicted octanol–water partition coefficient (Wildman–Crippen LogP) is 4.14. The lowest BCUT2D eigenvalue weighted by atomic mass is 9.49. The molecule has 4 fully saturated rings. The zero-order chi connectivity index (χ0) is 14.2. The molecule has 0 spiro atoms. The maximum atomic E-state index is 11.4. The fraction of sp³-hybridized carbons (Fsp3) is 0.941. The lowest BCUT2D eigenvalue weighted by Gasteiger charge is -2.57. The summed E-state index contributed by atoms with van der Waals surface area (Å²) in [5, 5.41) is 0. The Morgan fingerprint density at radius 3 is 2.25 bits per heavy atom. The van der Waals surface area contributed by atoms with Crippen molar-refractivity contribution in [3.63, 3.8) is 0 Å². The number of hydrogen-bond acceptors (Lipinski definition) is 3. The van der Waals surface area contributed by atoms with Gasteiger partial charge < -0.3 is 4.74 Å². The van der Waals surface area contributed by atoms with E-state index >= 15 is 0 Å². The summed E-state index contributed by atoms with van der Waals surface area (Å²) in [5.74, 6) is 5.29. The molecule has 0 amide bonds. The Bertz CT molecular complexity index is 331. The highest BCUT2D eigenvalue weighted by Crippen LogP contribution is 2.61. The number of rotatable bonds is 6. The van der Waals surface area contributed by atoms with Crippen LogP contribution in [0.1, 0.15) is 51.9 Å². The van der Waals surface area contributed by atoms with Crippen molar-refractivity contribution < 1.29 is 9.53 Å². The van der Waals surface area contributed by atoms with Crippen LogP contribution in [0.25, 0.3) is 0 Å². The molecule has 4 rings (SSSR count). The van der Waals surface area contributed by atoms with Crippen LogP contribution < -0.4 is 0 Å². The SMILES string of the molecule is COC(=O)C(C)CSCCC12CC3CC(CC(C3)C1)C2. The summed E-state index contributed by atoms with van der Waals surface area (Å²) in [5.41, 5.74) is 0.691. The van der Waals surface area contributed by atoms with Crippen LogP contribution in [0.3, 0.4) is 0 Å². The van der Waals surface area contributed by atoms with Crippen LogP contribution in [0, 0.1) is 29.1 Å². The van der Waals surface area contributed by atoms with E-state index in [1.54, 1.807) is 0 Å². The van der Waals surface area contributed by atoms with Crippen LogP contribution in [0.2, 0.25) is 0 Å². The molecule has 2 nitrogen and oxygen atoms in total. The van der Waals surface area contributed by atoms with Crippen LogP contribution >= 0.6 is 11.8 Å². The van der Waals surface area contributed by atoms with Crippen LogP contribution in [-0.4, -0.2) is 24.6 Å². The topological polar surface area (TPSA) is 26.3 Å². The standard InChI is InChI=1S/C17H28O2S/c1-12(16(18)19-2)11-20-4-3-17-8-13-5-14(9-17)7-15(6-13)10-17/h12-15H,3-11H2,1-2H3. The first-order valence-electron chi connectivity index (χ1n) is 8.26. The molecule has 0 radical (unpaired) electrons. The van der Waals surface area contributed by atoms with Crippen molar-refractivity contribution in [3.8, 4) is 0 Å². The highest BCUT2D eigenvalue weighted by molar-refractivity contribution is 7.99. The van der Waals surface area contributed by atoms with Crippen molar-refractivity contribution in [1.29, 1.82) is 0 Å². The monoisotopic (exact) mass is 296 g/mol. The Hall–Kier alpha value is -0.180. The summed E-state index contributed by atoms with van der Waals surface area (Å²) < 4.78 is 4.79. The zero-order valence-electron chi connectivity index (χ0n) is 12.9. The zero-order valence-corrected chi connectivity index (χ0v) is 13.7. The van der Waals surface area contributed by atoms with Gasteiger partial charge in [-0.3, -0.25) is 4.79 Å². The average molecular weight is 296 g/mol. The summed E-state index contributed by atoms with van der Waals surface area (Å²) in [7, 11) is 1.49. The molecule has 1 atom stereocenters. The molecule has 4 aliphatic rings. The quantitative estimate of drug-likeness (QED) is 0.544. The Kier molecular flexibility index (Phi) is 4.35. The van der Waals surface area contributed by atoms with Crippen molar-refractivity contribution in [2.75, 3.05) is 18.6 Å². The third kappa shape index (κ3) is 3.03. The van der Waals surface area contributed by atoms with Gasteiger partial charge in [0.15, 0.2) is 0 Å². The van der Waals surface area contributed by atoms with Gasteiger partial charge >= 0.3 is 5.97 Å². The number of thioether (sulfide) groups is 1. The predicted molar refractivity (Wildman–Crippen MR) is 83.7 cm³/mol. The molecule has 0 aromatic carbocycles. The number of carbonyl (C=O) groups excluding carboxylic acids is 1. The van der Waals surface area contributed by atoms with Crippen molar-refractivity contribution >= 4 is 17.7 Å². The van der Waals surface area contributed by atoms with Gasteiger partial charge in [-0.05, 0) is 73.9 Å². The summed E-state index contributed by atoms with van der Waals surface area (Å²) >= 11 is 1.95. The second-order valence-electron chi connectivity index (χ2n) is 7.67. The molecule has 0 heterocycles. The minimum Gasteiger partial charge on any atom is -0.469 e. The van der Waals surface area contributed by atoms with Gasteiger partial charge in [0.1, 0.15) is 0 Å². The molecule has 114 valence electrons. The lowest BCUT2D eigenvalue weighted by Crippen LogP contribution is -2.46. The summed E-state index contributed by atoms with van der Waals surface area (Å²) in [6.07, 6.45) is 10.5. The lowest BCUT2D eigenvalue weighted by molar-refractivity contribution is -0.143. The molecule has 3 heteroatoms. The molecule has 4 aliphatic carbocycles. The van der Waals surface area contributed by atoms with Crippen LogP contribution in [0.4, 0.5) is 0 Å². The van der Waals surface area contributed by atoms with E-state index in [0.717, 1.165) is 23.5 Å². The molecule has 20 heavy (non-hydrogen) atoms. The normalized spacial score (nSPS) is 39.8. The maximum Gasteiger partial charge on any atom is 0.309 e. The number of methoxy groups -OCH3 is 1. The number of hydrogen-bond donors (Lipinski definition) is 0. The molecule has 0 aromatic rings. The Morgan fingerprint density at radius 2 is 1.75 bits per heavy atom. The van der Waals surface area contributed by atoms with Gasteiger partial charge in [0.2, 0.25) is 0 Å². The molecule has 1 unspecified atom stereocenters. The van der Waals surface area contributed by atoms with Crippen LogP contribution in [0.5, 0.6) is 0 Å². The van der Waals surface area contributed by atoms with Crippen molar-refractivity contribution in [2.24, 2.45) is 29.1 Å². The third-order valence-electron chi connectivity index (χ3n) is 5.91. The Morgan fingerprint density at radius 1 is 1.20 bits per heavy atom. The van der Waals surface area contributed by atoms with E-state index in [0.29, 0.717) is 5.41 Å². The van der Waals surface area contributed by atoms with Gasteiger partial charge in [-0.25, -0.2) is 0 Å². The van der Waals surface area contributed by atoms with Gasteiger partial charge in [-0.15, -0.1) is 0 Å². The first-order chi connectivity index (χ1) is 9.60. The van der Waals surface area contributed by atoms with Gasteiger partial charge in [0, 0.05) is 5.75 Å². The van der Waals surface area contributed by atoms with E-state index in [1.807, 2.05) is 18.7 Å². The van der Waals surface area contributed by atoms with E-state index in [-0.39, 0.29) is 11.9 Å². The van der Waals surface area contributed by atoms with Gasteiger partial charge in [0.05, 0.1) is 13.0 Å². The number of carbonyl (C=O) groups is 1. The Balaban J connectivity index is 1.44. The molecular weight excluding hydrogens is 268 g/mol. The molecule has 0 aromatic heterocycles. The van der Waals surface area contributed by atoms with Crippen molar-refractivity contribution in [1.82, 2.24) is 0 Å². The molecule has 4 saturated carbocycles. The summed E-state index contributed by atoms with van der Waals surface area (Å²) in [6, 6.07) is 0. The minimum atomic E-state index is -0.0627. The van der Waals surface area contributed by atoms with Gasteiger partial charge in [-0.1, -0.05) is 6.92 Å². The van der Waals surface area contributed by atoms with Crippen molar-refractivity contribution in [2.45, 2.75) is 51.9 Å². The first kappa shape index (κ1) is 14.7. The van der Waals surface area contributed by atoms with E-state index < -0.39 is 0 Å². The third-order valence-corrected chi connectivity index (χ3v) is 7.14. The van der Waals surface area contributed by atoms with E-state index in [9.17, 15) is 4.79 Å². The van der Waals surface area contributed by atoms with E-state index in [1.165, 1.54) is 57.8 Å². The smallest absolute Gasteiger partial charge is 0.309 e. The Labute approximate surface area is 127 Å². The van der Waals surface area contributed by atoms with E-state index in [2.05, 4.69) is 0 Å². The fourth-order valence-electron chi connectivity index (χ4n) is 5.41. The van der Waals surface area contributed by atoms with Crippen molar-refractivity contribution in [3.05, 3.63) is 0 Å². The number of esters is 1. The largest absolute Gasteiger partial charge is 0.469 e.